The van der Waals surface area contributed by atoms with Gasteiger partial charge in [-0.25, -0.2) is 18.4 Å². The number of piperazine rings is 1. The number of ether oxygens (including phenoxy) is 1. The molecule has 3 aromatic rings. The van der Waals surface area contributed by atoms with E-state index in [-0.39, 0.29) is 17.6 Å². The molecule has 8 nitrogen and oxygen atoms in total. The van der Waals surface area contributed by atoms with Gasteiger partial charge in [-0.1, -0.05) is 30.3 Å². The summed E-state index contributed by atoms with van der Waals surface area (Å²) < 4.78 is 32.1. The Morgan fingerprint density at radius 1 is 0.875 bits per heavy atom. The van der Waals surface area contributed by atoms with Crippen LogP contribution in [0.25, 0.3) is 0 Å². The molecule has 1 aromatic heterocycles. The third kappa shape index (κ3) is 9.77. The number of pyridine rings is 1. The predicted octanol–water partition coefficient (Wildman–Crippen LogP) is 4.81. The molecule has 0 amide bonds. The van der Waals surface area contributed by atoms with Gasteiger partial charge in [-0.15, -0.1) is 0 Å². The average Bonchev–Trinajstić information content (AvgIpc) is 2.96. The zero-order valence-corrected chi connectivity index (χ0v) is 22.2. The van der Waals surface area contributed by atoms with E-state index in [1.165, 1.54) is 24.3 Å². The molecule has 0 radical (unpaired) electrons. The Hall–Kier alpha value is -4.31. The normalized spacial score (nSPS) is 13.7. The van der Waals surface area contributed by atoms with E-state index in [4.69, 9.17) is 14.9 Å². The van der Waals surface area contributed by atoms with Gasteiger partial charge in [0.05, 0.1) is 7.11 Å². The summed E-state index contributed by atoms with van der Waals surface area (Å²) in [7, 11) is 1.63. The quantitative estimate of drug-likeness (QED) is 0.345. The van der Waals surface area contributed by atoms with Crippen LogP contribution in [-0.2, 0) is 9.59 Å². The first kappa shape index (κ1) is 30.2. The first-order valence-corrected chi connectivity index (χ1v) is 12.9. The Balaban J connectivity index is 0.000000482. The molecule has 40 heavy (non-hydrogen) atoms. The molecule has 2 heterocycles. The van der Waals surface area contributed by atoms with Gasteiger partial charge in [0.2, 0.25) is 5.88 Å². The SMILES string of the molecule is COc1cccc(N2CCN(CCCC(c3ccc(F)cc3)c3ccc(F)cc3)CC2)n1.O=C(O)/C=C/C(=O)O. The Morgan fingerprint density at radius 3 is 1.88 bits per heavy atom. The second kappa shape index (κ2) is 15.3. The van der Waals surface area contributed by atoms with Crippen LogP contribution in [0.15, 0.2) is 78.9 Å². The summed E-state index contributed by atoms with van der Waals surface area (Å²) in [6.07, 6.45) is 3.05. The minimum Gasteiger partial charge on any atom is -0.481 e. The number of hydrogen-bond acceptors (Lipinski definition) is 6. The minimum atomic E-state index is -1.26. The lowest BCUT2D eigenvalue weighted by Gasteiger charge is -2.35. The average molecular weight is 554 g/mol. The lowest BCUT2D eigenvalue weighted by atomic mass is 9.87. The zero-order valence-electron chi connectivity index (χ0n) is 22.2. The Morgan fingerprint density at radius 2 is 1.40 bits per heavy atom. The molecule has 0 unspecified atom stereocenters. The number of halogens is 2. The molecule has 1 saturated heterocycles. The number of rotatable bonds is 10. The van der Waals surface area contributed by atoms with E-state index < -0.39 is 11.9 Å². The van der Waals surface area contributed by atoms with Crippen molar-refractivity contribution in [1.29, 1.82) is 0 Å². The monoisotopic (exact) mass is 553 g/mol. The van der Waals surface area contributed by atoms with Crippen LogP contribution in [0.3, 0.4) is 0 Å². The fourth-order valence-electron chi connectivity index (χ4n) is 4.47. The van der Waals surface area contributed by atoms with Crippen molar-refractivity contribution in [3.05, 3.63) is 102 Å². The van der Waals surface area contributed by atoms with Crippen molar-refractivity contribution in [3.63, 3.8) is 0 Å². The van der Waals surface area contributed by atoms with Gasteiger partial charge in [0.1, 0.15) is 17.5 Å². The van der Waals surface area contributed by atoms with Crippen molar-refractivity contribution in [1.82, 2.24) is 9.88 Å². The molecule has 2 N–H and O–H groups in total. The highest BCUT2D eigenvalue weighted by Gasteiger charge is 2.20. The number of methoxy groups -OCH3 is 1. The number of aromatic nitrogens is 1. The highest BCUT2D eigenvalue weighted by molar-refractivity contribution is 5.89. The summed E-state index contributed by atoms with van der Waals surface area (Å²) in [5.74, 6) is -1.28. The number of aliphatic carboxylic acids is 2. The van der Waals surface area contributed by atoms with Gasteiger partial charge in [0, 0.05) is 50.3 Å². The van der Waals surface area contributed by atoms with Crippen LogP contribution in [0.4, 0.5) is 14.6 Å². The molecule has 0 atom stereocenters. The van der Waals surface area contributed by atoms with Crippen LogP contribution in [0.1, 0.15) is 29.9 Å². The summed E-state index contributed by atoms with van der Waals surface area (Å²) in [6, 6.07) is 19.2. The minimum absolute atomic E-state index is 0.124. The van der Waals surface area contributed by atoms with Gasteiger partial charge in [-0.2, -0.15) is 4.98 Å². The summed E-state index contributed by atoms with van der Waals surface area (Å²) in [4.78, 5) is 28.4. The van der Waals surface area contributed by atoms with Gasteiger partial charge in [0.25, 0.3) is 0 Å². The van der Waals surface area contributed by atoms with E-state index in [0.717, 1.165) is 62.5 Å². The van der Waals surface area contributed by atoms with Crippen molar-refractivity contribution >= 4 is 17.8 Å². The van der Waals surface area contributed by atoms with Gasteiger partial charge in [-0.3, -0.25) is 4.90 Å². The Labute approximate surface area is 232 Å². The fraction of sp³-hybridized carbons (Fsp3) is 0.300. The number of anilines is 1. The van der Waals surface area contributed by atoms with E-state index >= 15 is 0 Å². The van der Waals surface area contributed by atoms with Crippen LogP contribution in [0.5, 0.6) is 5.88 Å². The van der Waals surface area contributed by atoms with Crippen LogP contribution in [-0.4, -0.2) is 71.9 Å². The number of nitrogens with zero attached hydrogens (tertiary/aromatic N) is 3. The van der Waals surface area contributed by atoms with Gasteiger partial charge in [-0.05, 0) is 60.8 Å². The lowest BCUT2D eigenvalue weighted by Crippen LogP contribution is -2.47. The number of carboxylic acid groups (broad SMARTS) is 2. The third-order valence-corrected chi connectivity index (χ3v) is 6.49. The molecule has 4 rings (SSSR count). The van der Waals surface area contributed by atoms with Crippen molar-refractivity contribution < 1.29 is 33.3 Å². The molecule has 1 aliphatic rings. The smallest absolute Gasteiger partial charge is 0.328 e. The second-order valence-electron chi connectivity index (χ2n) is 9.17. The molecule has 10 heteroatoms. The van der Waals surface area contributed by atoms with E-state index in [1.54, 1.807) is 7.11 Å². The number of benzene rings is 2. The molecule has 0 aliphatic carbocycles. The van der Waals surface area contributed by atoms with Gasteiger partial charge < -0.3 is 19.8 Å². The largest absolute Gasteiger partial charge is 0.481 e. The molecule has 0 spiro atoms. The summed E-state index contributed by atoms with van der Waals surface area (Å²) in [6.45, 7) is 4.82. The second-order valence-corrected chi connectivity index (χ2v) is 9.17. The molecule has 212 valence electrons. The van der Waals surface area contributed by atoms with Crippen LogP contribution in [0.2, 0.25) is 0 Å². The van der Waals surface area contributed by atoms with Gasteiger partial charge >= 0.3 is 11.9 Å². The highest BCUT2D eigenvalue weighted by Crippen LogP contribution is 2.30. The maximum Gasteiger partial charge on any atom is 0.328 e. The van der Waals surface area contributed by atoms with E-state index in [1.807, 2.05) is 42.5 Å². The molecular formula is C30H33F2N3O5. The van der Waals surface area contributed by atoms with Crippen molar-refractivity contribution in [2.24, 2.45) is 0 Å². The van der Waals surface area contributed by atoms with Crippen LogP contribution in [0, 0.1) is 11.6 Å². The molecule has 0 bridgehead atoms. The number of carbonyl (C=O) groups is 2. The van der Waals surface area contributed by atoms with E-state index in [0.29, 0.717) is 18.0 Å². The molecule has 1 aliphatic heterocycles. The lowest BCUT2D eigenvalue weighted by molar-refractivity contribution is -0.134. The maximum atomic E-state index is 13.4. The summed E-state index contributed by atoms with van der Waals surface area (Å²) in [5.41, 5.74) is 2.12. The molecule has 2 aromatic carbocycles. The van der Waals surface area contributed by atoms with E-state index in [2.05, 4.69) is 14.8 Å². The summed E-state index contributed by atoms with van der Waals surface area (Å²) >= 11 is 0. The molecular weight excluding hydrogens is 520 g/mol. The standard InChI is InChI=1S/C26H29F2N3O.C4H4O4/c1-32-26-6-2-5-25(29-26)31-18-16-30(17-19-31)15-3-4-24(20-7-11-22(27)12-8-20)21-9-13-23(28)14-10-21;5-3(6)1-2-4(7)8/h2,5-14,24H,3-4,15-19H2,1H3;1-2H,(H,5,6)(H,7,8)/b;2-1+. The first-order chi connectivity index (χ1) is 19.2. The van der Waals surface area contributed by atoms with Crippen molar-refractivity contribution in [2.45, 2.75) is 18.8 Å². The molecule has 0 saturated carbocycles. The number of hydrogen-bond donors (Lipinski definition) is 2. The summed E-state index contributed by atoms with van der Waals surface area (Å²) in [5, 5.41) is 15.6. The highest BCUT2D eigenvalue weighted by atomic mass is 19.1. The maximum absolute atomic E-state index is 13.4. The Kier molecular flexibility index (Phi) is 11.6. The fourth-order valence-corrected chi connectivity index (χ4v) is 4.47. The van der Waals surface area contributed by atoms with Crippen LogP contribution >= 0.6 is 0 Å². The Bertz CT molecular complexity index is 1200. The topological polar surface area (TPSA) is 103 Å². The van der Waals surface area contributed by atoms with Crippen molar-refractivity contribution in [3.8, 4) is 5.88 Å². The van der Waals surface area contributed by atoms with Crippen molar-refractivity contribution in [2.75, 3.05) is 44.7 Å². The van der Waals surface area contributed by atoms with Crippen LogP contribution < -0.4 is 9.64 Å². The zero-order chi connectivity index (χ0) is 28.9. The van der Waals surface area contributed by atoms with E-state index in [9.17, 15) is 18.4 Å². The third-order valence-electron chi connectivity index (χ3n) is 6.49. The predicted molar refractivity (Wildman–Crippen MR) is 148 cm³/mol. The van der Waals surface area contributed by atoms with Gasteiger partial charge in [0.15, 0.2) is 0 Å². The first-order valence-electron chi connectivity index (χ1n) is 12.9. The number of carboxylic acids is 2. The molecule has 1 fully saturated rings.